The van der Waals surface area contributed by atoms with E-state index < -0.39 is 0 Å². The van der Waals surface area contributed by atoms with Crippen LogP contribution in [0.15, 0.2) is 212 Å². The van der Waals surface area contributed by atoms with E-state index >= 15 is 0 Å². The van der Waals surface area contributed by atoms with Crippen LogP contribution in [0.3, 0.4) is 0 Å². The van der Waals surface area contributed by atoms with Crippen LogP contribution < -0.4 is 4.90 Å². The summed E-state index contributed by atoms with van der Waals surface area (Å²) in [5.41, 5.74) is 19.1. The minimum Gasteiger partial charge on any atom is -0.310 e. The van der Waals surface area contributed by atoms with E-state index in [2.05, 4.69) is 245 Å². The third kappa shape index (κ3) is 5.44. The predicted octanol–water partition coefficient (Wildman–Crippen LogP) is 18.9. The molecule has 0 N–H and O–H groups in total. The van der Waals surface area contributed by atoms with Crippen molar-refractivity contribution in [3.63, 3.8) is 0 Å². The summed E-state index contributed by atoms with van der Waals surface area (Å²) in [6.07, 6.45) is 0. The molecule has 2 aliphatic rings. The van der Waals surface area contributed by atoms with Crippen molar-refractivity contribution in [2.75, 3.05) is 4.90 Å². The second-order valence-electron chi connectivity index (χ2n) is 19.9. The Hall–Kier alpha value is -7.78. The topological polar surface area (TPSA) is 3.24 Å². The second-order valence-corrected chi connectivity index (χ2v) is 21.0. The first-order valence-electron chi connectivity index (χ1n) is 23.9. The Bertz CT molecular complexity index is 3940. The van der Waals surface area contributed by atoms with Gasteiger partial charge in [0.05, 0.1) is 5.69 Å². The van der Waals surface area contributed by atoms with E-state index in [1.807, 2.05) is 11.3 Å². The zero-order valence-corrected chi connectivity index (χ0v) is 39.4. The molecule has 0 radical (unpaired) electrons. The highest BCUT2D eigenvalue weighted by Crippen LogP contribution is 2.55. The van der Waals surface area contributed by atoms with Crippen molar-refractivity contribution >= 4 is 80.9 Å². The standard InChI is InChI=1S/C66H47NS/c1-65(2)55-28-14-11-19-43(55)45-34-32-40(38-57(45)65)67(41-33-35-46-44-20-12-15-29-56(44)66(3,4)58(46)39-41)59-37-36-52(42-18-5-6-21-47(42)59)62-48-22-7-9-24-50(48)63(51-25-10-8-23-49(51)62)54-27-17-31-61-64(54)53-26-13-16-30-60(53)68-61/h5-39H,1-4H3. The van der Waals surface area contributed by atoms with Gasteiger partial charge < -0.3 is 4.90 Å². The normalized spacial score (nSPS) is 14.1. The summed E-state index contributed by atoms with van der Waals surface area (Å²) in [5, 5.41) is 10.1. The van der Waals surface area contributed by atoms with Gasteiger partial charge in [0.25, 0.3) is 0 Å². The summed E-state index contributed by atoms with van der Waals surface area (Å²) in [6, 6.07) is 80.2. The van der Waals surface area contributed by atoms with Crippen molar-refractivity contribution in [1.82, 2.24) is 0 Å². The molecule has 0 fully saturated rings. The number of fused-ring (bicyclic) bond motifs is 12. The molecule has 2 aliphatic carbocycles. The molecule has 68 heavy (non-hydrogen) atoms. The summed E-state index contributed by atoms with van der Waals surface area (Å²) < 4.78 is 2.64. The quantitative estimate of drug-likeness (QED) is 0.156. The van der Waals surface area contributed by atoms with Crippen molar-refractivity contribution in [2.24, 2.45) is 0 Å². The Morgan fingerprint density at radius 1 is 0.309 bits per heavy atom. The van der Waals surface area contributed by atoms with Gasteiger partial charge in [0.15, 0.2) is 0 Å². The smallest absolute Gasteiger partial charge is 0.0540 e. The van der Waals surface area contributed by atoms with Gasteiger partial charge in [-0.2, -0.15) is 0 Å². The van der Waals surface area contributed by atoms with E-state index in [-0.39, 0.29) is 10.8 Å². The Balaban J connectivity index is 1.02. The number of nitrogens with zero attached hydrogens (tertiary/aromatic N) is 1. The van der Waals surface area contributed by atoms with Gasteiger partial charge in [0, 0.05) is 47.8 Å². The van der Waals surface area contributed by atoms with Crippen LogP contribution in [0.2, 0.25) is 0 Å². The van der Waals surface area contributed by atoms with Crippen LogP contribution in [0.5, 0.6) is 0 Å². The monoisotopic (exact) mass is 885 g/mol. The maximum absolute atomic E-state index is 2.54. The summed E-state index contributed by atoms with van der Waals surface area (Å²) in [7, 11) is 0. The molecule has 2 heteroatoms. The van der Waals surface area contributed by atoms with Crippen LogP contribution in [0.25, 0.3) is 97.0 Å². The van der Waals surface area contributed by atoms with Gasteiger partial charge in [-0.25, -0.2) is 0 Å². The van der Waals surface area contributed by atoms with Gasteiger partial charge in [-0.1, -0.05) is 198 Å². The van der Waals surface area contributed by atoms with Crippen LogP contribution in [0.1, 0.15) is 49.9 Å². The van der Waals surface area contributed by atoms with Gasteiger partial charge in [0.1, 0.15) is 0 Å². The molecular formula is C66H47NS. The average molecular weight is 886 g/mol. The molecule has 1 aromatic heterocycles. The fourth-order valence-electron chi connectivity index (χ4n) is 12.5. The van der Waals surface area contributed by atoms with E-state index in [1.165, 1.54) is 119 Å². The van der Waals surface area contributed by atoms with Crippen molar-refractivity contribution in [3.8, 4) is 44.5 Å². The van der Waals surface area contributed by atoms with E-state index in [0.29, 0.717) is 0 Å². The fraction of sp³-hybridized carbons (Fsp3) is 0.0909. The van der Waals surface area contributed by atoms with Gasteiger partial charge in [-0.3, -0.25) is 0 Å². The fourth-order valence-corrected chi connectivity index (χ4v) is 13.6. The maximum atomic E-state index is 2.54. The molecule has 0 aliphatic heterocycles. The molecule has 322 valence electrons. The molecule has 0 saturated carbocycles. The van der Waals surface area contributed by atoms with E-state index in [9.17, 15) is 0 Å². The van der Waals surface area contributed by atoms with Crippen LogP contribution >= 0.6 is 11.3 Å². The van der Waals surface area contributed by atoms with E-state index in [4.69, 9.17) is 0 Å². The molecular weight excluding hydrogens is 839 g/mol. The lowest BCUT2D eigenvalue weighted by atomic mass is 9.82. The molecule has 12 aromatic rings. The SMILES string of the molecule is CC1(C)c2ccccc2-c2ccc(N(c3ccc4c(c3)C(C)(C)c3ccccc3-4)c3ccc(-c4c5ccccc5c(-c5cccc6sc7ccccc7c56)c5ccccc45)c4ccccc34)cc21. The number of hydrogen-bond acceptors (Lipinski definition) is 2. The largest absolute Gasteiger partial charge is 0.310 e. The minimum atomic E-state index is -0.141. The van der Waals surface area contributed by atoms with Crippen molar-refractivity contribution in [3.05, 3.63) is 235 Å². The van der Waals surface area contributed by atoms with Crippen molar-refractivity contribution in [2.45, 2.75) is 38.5 Å². The van der Waals surface area contributed by atoms with Crippen molar-refractivity contribution in [1.29, 1.82) is 0 Å². The third-order valence-corrected chi connectivity index (χ3v) is 16.8. The predicted molar refractivity (Wildman–Crippen MR) is 293 cm³/mol. The number of rotatable bonds is 5. The highest BCUT2D eigenvalue weighted by Gasteiger charge is 2.38. The molecule has 0 saturated heterocycles. The summed E-state index contributed by atoms with van der Waals surface area (Å²) >= 11 is 1.88. The summed E-state index contributed by atoms with van der Waals surface area (Å²) in [5.74, 6) is 0. The van der Waals surface area contributed by atoms with Crippen LogP contribution in [0, 0.1) is 0 Å². The van der Waals surface area contributed by atoms with E-state index in [0.717, 1.165) is 17.1 Å². The molecule has 0 spiro atoms. The van der Waals surface area contributed by atoms with Crippen LogP contribution in [-0.4, -0.2) is 0 Å². The first-order valence-corrected chi connectivity index (χ1v) is 24.7. The lowest BCUT2D eigenvalue weighted by Gasteiger charge is -2.31. The van der Waals surface area contributed by atoms with Gasteiger partial charge in [-0.05, 0) is 136 Å². The number of thiophene rings is 1. The highest BCUT2D eigenvalue weighted by molar-refractivity contribution is 7.26. The minimum absolute atomic E-state index is 0.141. The first-order chi connectivity index (χ1) is 33.3. The van der Waals surface area contributed by atoms with Crippen molar-refractivity contribution < 1.29 is 0 Å². The molecule has 0 amide bonds. The Labute approximate surface area is 401 Å². The van der Waals surface area contributed by atoms with Gasteiger partial charge >= 0.3 is 0 Å². The Morgan fingerprint density at radius 2 is 0.721 bits per heavy atom. The molecule has 0 unspecified atom stereocenters. The zero-order valence-electron chi connectivity index (χ0n) is 38.6. The lowest BCUT2D eigenvalue weighted by molar-refractivity contribution is 0.660. The second kappa shape index (κ2) is 14.4. The molecule has 14 rings (SSSR count). The molecule has 0 bridgehead atoms. The first kappa shape index (κ1) is 39.4. The Kier molecular flexibility index (Phi) is 8.32. The van der Waals surface area contributed by atoms with Gasteiger partial charge in [0.2, 0.25) is 0 Å². The maximum Gasteiger partial charge on any atom is 0.0540 e. The third-order valence-electron chi connectivity index (χ3n) is 15.7. The molecule has 11 aromatic carbocycles. The molecule has 0 atom stereocenters. The van der Waals surface area contributed by atoms with Crippen LogP contribution in [0.4, 0.5) is 17.1 Å². The number of hydrogen-bond donors (Lipinski definition) is 0. The van der Waals surface area contributed by atoms with Gasteiger partial charge in [-0.15, -0.1) is 11.3 Å². The van der Waals surface area contributed by atoms with E-state index in [1.54, 1.807) is 0 Å². The Morgan fingerprint density at radius 3 is 1.29 bits per heavy atom. The highest BCUT2D eigenvalue weighted by atomic mass is 32.1. The molecule has 1 nitrogen and oxygen atoms in total. The zero-order chi connectivity index (χ0) is 45.5. The number of benzene rings is 11. The lowest BCUT2D eigenvalue weighted by Crippen LogP contribution is -2.18. The summed E-state index contributed by atoms with van der Waals surface area (Å²) in [4.78, 5) is 2.54. The number of anilines is 3. The van der Waals surface area contributed by atoms with Crippen LogP contribution in [-0.2, 0) is 10.8 Å². The molecule has 1 heterocycles. The average Bonchev–Trinajstić information content (AvgIpc) is 3.95. The summed E-state index contributed by atoms with van der Waals surface area (Å²) in [6.45, 7) is 9.53.